The number of hydrogen-bond acceptors (Lipinski definition) is 1. The van der Waals surface area contributed by atoms with Crippen LogP contribution in [0.3, 0.4) is 0 Å². The number of hydrogen-bond donors (Lipinski definition) is 1. The summed E-state index contributed by atoms with van der Waals surface area (Å²) < 4.78 is 0. The van der Waals surface area contributed by atoms with Gasteiger partial charge in [0, 0.05) is 5.70 Å². The van der Waals surface area contributed by atoms with Crippen molar-refractivity contribution in [3.63, 3.8) is 0 Å². The van der Waals surface area contributed by atoms with Crippen molar-refractivity contribution in [3.05, 3.63) is 12.3 Å². The molecule has 0 heterocycles. The Balaban J connectivity index is 4.18. The largest absolute Gasteiger partial charge is 0.402 e. The molecule has 2 N–H and O–H groups in total. The van der Waals surface area contributed by atoms with Gasteiger partial charge in [-0.15, -0.1) is 0 Å². The van der Waals surface area contributed by atoms with Gasteiger partial charge in [-0.3, -0.25) is 0 Å². The molecule has 0 rings (SSSR count). The first-order chi connectivity index (χ1) is 5.50. The molecule has 72 valence electrons. The van der Waals surface area contributed by atoms with Crippen LogP contribution >= 0.6 is 0 Å². The lowest BCUT2D eigenvalue weighted by atomic mass is 9.80. The zero-order chi connectivity index (χ0) is 9.72. The fraction of sp³-hybridized carbons (Fsp3) is 0.818. The predicted molar refractivity (Wildman–Crippen MR) is 55.7 cm³/mol. The summed E-state index contributed by atoms with van der Waals surface area (Å²) in [6.45, 7) is 12.8. The van der Waals surface area contributed by atoms with Gasteiger partial charge in [0.25, 0.3) is 0 Å². The molecule has 12 heavy (non-hydrogen) atoms. The lowest BCUT2D eigenvalue weighted by molar-refractivity contribution is 0.279. The lowest BCUT2D eigenvalue weighted by Crippen LogP contribution is -2.22. The highest BCUT2D eigenvalue weighted by atomic mass is 14.6. The van der Waals surface area contributed by atoms with Crippen LogP contribution in [0.15, 0.2) is 12.3 Å². The molecule has 0 aliphatic rings. The third kappa shape index (κ3) is 3.29. The summed E-state index contributed by atoms with van der Waals surface area (Å²) in [5, 5.41) is 0. The Labute approximate surface area is 77.0 Å². The summed E-state index contributed by atoms with van der Waals surface area (Å²) in [6, 6.07) is 0. The van der Waals surface area contributed by atoms with E-state index in [0.717, 1.165) is 5.70 Å². The first-order valence-electron chi connectivity index (χ1n) is 4.94. The zero-order valence-electron chi connectivity index (χ0n) is 8.93. The van der Waals surface area contributed by atoms with Crippen molar-refractivity contribution >= 4 is 0 Å². The Morgan fingerprint density at radius 2 is 1.83 bits per heavy atom. The van der Waals surface area contributed by atoms with Crippen molar-refractivity contribution in [1.82, 2.24) is 0 Å². The van der Waals surface area contributed by atoms with Crippen molar-refractivity contribution < 1.29 is 0 Å². The molecule has 0 aromatic heterocycles. The van der Waals surface area contributed by atoms with Crippen molar-refractivity contribution in [2.75, 3.05) is 0 Å². The Morgan fingerprint density at radius 3 is 2.08 bits per heavy atom. The first-order valence-corrected chi connectivity index (χ1v) is 4.94. The highest BCUT2D eigenvalue weighted by Crippen LogP contribution is 2.28. The molecule has 0 saturated carbocycles. The molecule has 1 heteroatoms. The van der Waals surface area contributed by atoms with E-state index in [1.165, 1.54) is 12.8 Å². The quantitative estimate of drug-likeness (QED) is 0.672. The SMILES string of the molecule is C=C(N)C(C)C(CCC)C(C)C. The van der Waals surface area contributed by atoms with Crippen LogP contribution in [0.4, 0.5) is 0 Å². The molecule has 2 unspecified atom stereocenters. The average Bonchev–Trinajstić information content (AvgIpc) is 1.98. The predicted octanol–water partition coefficient (Wildman–Crippen LogP) is 3.17. The van der Waals surface area contributed by atoms with Crippen LogP contribution in [0.25, 0.3) is 0 Å². The second-order valence-corrected chi connectivity index (χ2v) is 4.06. The van der Waals surface area contributed by atoms with Crippen LogP contribution in [0.2, 0.25) is 0 Å². The molecular formula is C11H23N. The van der Waals surface area contributed by atoms with Crippen LogP contribution < -0.4 is 5.73 Å². The van der Waals surface area contributed by atoms with E-state index >= 15 is 0 Å². The van der Waals surface area contributed by atoms with Crippen LogP contribution in [0, 0.1) is 17.8 Å². The Hall–Kier alpha value is -0.460. The molecule has 1 nitrogen and oxygen atoms in total. The molecule has 0 bridgehead atoms. The summed E-state index contributed by atoms with van der Waals surface area (Å²) in [4.78, 5) is 0. The molecular weight excluding hydrogens is 146 g/mol. The molecule has 0 spiro atoms. The summed E-state index contributed by atoms with van der Waals surface area (Å²) in [5.74, 6) is 1.87. The van der Waals surface area contributed by atoms with Crippen molar-refractivity contribution in [3.8, 4) is 0 Å². The van der Waals surface area contributed by atoms with E-state index in [-0.39, 0.29) is 0 Å². The normalized spacial score (nSPS) is 16.1. The summed E-state index contributed by atoms with van der Waals surface area (Å²) in [7, 11) is 0. The highest BCUT2D eigenvalue weighted by Gasteiger charge is 2.20. The van der Waals surface area contributed by atoms with E-state index in [1.54, 1.807) is 0 Å². The van der Waals surface area contributed by atoms with Gasteiger partial charge in [0.05, 0.1) is 0 Å². The number of allylic oxidation sites excluding steroid dienone is 1. The Bertz CT molecular complexity index is 138. The zero-order valence-corrected chi connectivity index (χ0v) is 8.93. The third-order valence-electron chi connectivity index (χ3n) is 2.71. The number of nitrogens with two attached hydrogens (primary N) is 1. The topological polar surface area (TPSA) is 26.0 Å². The molecule has 0 amide bonds. The van der Waals surface area contributed by atoms with Crippen LogP contribution in [-0.4, -0.2) is 0 Å². The van der Waals surface area contributed by atoms with Gasteiger partial charge >= 0.3 is 0 Å². The summed E-state index contributed by atoms with van der Waals surface area (Å²) >= 11 is 0. The molecule has 0 aliphatic carbocycles. The van der Waals surface area contributed by atoms with Crippen LogP contribution in [-0.2, 0) is 0 Å². The van der Waals surface area contributed by atoms with Gasteiger partial charge < -0.3 is 5.73 Å². The van der Waals surface area contributed by atoms with Gasteiger partial charge in [-0.2, -0.15) is 0 Å². The van der Waals surface area contributed by atoms with Gasteiger partial charge in [0.1, 0.15) is 0 Å². The minimum atomic E-state index is 0.463. The standard InChI is InChI=1S/C11H23N/c1-6-7-11(8(2)3)9(4)10(5)12/h8-9,11H,5-7,12H2,1-4H3. The van der Waals surface area contributed by atoms with Gasteiger partial charge in [0.2, 0.25) is 0 Å². The molecule has 0 radical (unpaired) electrons. The maximum atomic E-state index is 5.71. The van der Waals surface area contributed by atoms with Crippen LogP contribution in [0.1, 0.15) is 40.5 Å². The summed E-state index contributed by atoms with van der Waals surface area (Å²) in [6.07, 6.45) is 2.50. The molecule has 0 aromatic rings. The molecule has 0 aliphatic heterocycles. The average molecular weight is 169 g/mol. The van der Waals surface area contributed by atoms with Gasteiger partial charge in [-0.1, -0.05) is 40.7 Å². The third-order valence-corrected chi connectivity index (χ3v) is 2.71. The van der Waals surface area contributed by atoms with Gasteiger partial charge in [-0.25, -0.2) is 0 Å². The lowest BCUT2D eigenvalue weighted by Gasteiger charge is -2.27. The second kappa shape index (κ2) is 5.23. The Morgan fingerprint density at radius 1 is 1.33 bits per heavy atom. The van der Waals surface area contributed by atoms with E-state index in [9.17, 15) is 0 Å². The minimum absolute atomic E-state index is 0.463. The monoisotopic (exact) mass is 169 g/mol. The highest BCUT2D eigenvalue weighted by molar-refractivity contribution is 4.95. The van der Waals surface area contributed by atoms with Crippen molar-refractivity contribution in [1.29, 1.82) is 0 Å². The molecule has 2 atom stereocenters. The Kier molecular flexibility index (Phi) is 5.03. The van der Waals surface area contributed by atoms with Gasteiger partial charge in [0.15, 0.2) is 0 Å². The smallest absolute Gasteiger partial charge is 0.00391 e. The molecule has 0 saturated heterocycles. The van der Waals surface area contributed by atoms with E-state index in [4.69, 9.17) is 5.73 Å². The van der Waals surface area contributed by atoms with E-state index in [1.807, 2.05) is 0 Å². The van der Waals surface area contributed by atoms with E-state index < -0.39 is 0 Å². The van der Waals surface area contributed by atoms with E-state index in [0.29, 0.717) is 17.8 Å². The summed E-state index contributed by atoms with van der Waals surface area (Å²) in [5.41, 5.74) is 6.55. The minimum Gasteiger partial charge on any atom is -0.402 e. The fourth-order valence-corrected chi connectivity index (χ4v) is 1.77. The second-order valence-electron chi connectivity index (χ2n) is 4.06. The maximum absolute atomic E-state index is 5.71. The van der Waals surface area contributed by atoms with E-state index in [2.05, 4.69) is 34.3 Å². The van der Waals surface area contributed by atoms with Crippen molar-refractivity contribution in [2.24, 2.45) is 23.5 Å². The van der Waals surface area contributed by atoms with Crippen LogP contribution in [0.5, 0.6) is 0 Å². The first kappa shape index (κ1) is 11.5. The fourth-order valence-electron chi connectivity index (χ4n) is 1.77. The van der Waals surface area contributed by atoms with Crippen molar-refractivity contribution in [2.45, 2.75) is 40.5 Å². The molecule has 0 aromatic carbocycles. The number of rotatable bonds is 5. The van der Waals surface area contributed by atoms with Gasteiger partial charge in [-0.05, 0) is 24.2 Å². The molecule has 0 fully saturated rings. The maximum Gasteiger partial charge on any atom is 0.00391 e.